The Morgan fingerprint density at radius 2 is 2.00 bits per heavy atom. The fourth-order valence-electron chi connectivity index (χ4n) is 3.10. The standard InChI is InChI=1S/C17H25N5O/c1-11(2)16-20-12(3)10-14(21-16)22-8-4-13(5-9-22)15(23)17-18-6-7-19-17/h6-7,10-11,13,15,23H,4-5,8-9H2,1-3H3,(H,18,19). The number of aliphatic hydroxyl groups is 1. The van der Waals surface area contributed by atoms with Crippen LogP contribution in [-0.2, 0) is 0 Å². The van der Waals surface area contributed by atoms with E-state index in [4.69, 9.17) is 4.98 Å². The van der Waals surface area contributed by atoms with E-state index in [1.54, 1.807) is 12.4 Å². The van der Waals surface area contributed by atoms with Crippen LogP contribution in [0.5, 0.6) is 0 Å². The van der Waals surface area contributed by atoms with Crippen molar-refractivity contribution >= 4 is 5.82 Å². The molecule has 0 radical (unpaired) electrons. The van der Waals surface area contributed by atoms with Gasteiger partial charge in [-0.25, -0.2) is 15.0 Å². The Morgan fingerprint density at radius 3 is 2.61 bits per heavy atom. The van der Waals surface area contributed by atoms with E-state index in [0.717, 1.165) is 43.3 Å². The molecular formula is C17H25N5O. The second kappa shape index (κ2) is 6.66. The van der Waals surface area contributed by atoms with Gasteiger partial charge in [0.05, 0.1) is 0 Å². The summed E-state index contributed by atoms with van der Waals surface area (Å²) in [4.78, 5) is 18.7. The maximum Gasteiger partial charge on any atom is 0.135 e. The van der Waals surface area contributed by atoms with Crippen LogP contribution < -0.4 is 4.90 Å². The third-order valence-electron chi connectivity index (χ3n) is 4.48. The number of hydrogen-bond donors (Lipinski definition) is 2. The van der Waals surface area contributed by atoms with Crippen molar-refractivity contribution < 1.29 is 5.11 Å². The van der Waals surface area contributed by atoms with Crippen molar-refractivity contribution in [1.82, 2.24) is 19.9 Å². The molecule has 1 aliphatic rings. The molecule has 1 unspecified atom stereocenters. The SMILES string of the molecule is Cc1cc(N2CCC(C(O)c3ncc[nH]3)CC2)nc(C(C)C)n1. The third-order valence-corrected chi connectivity index (χ3v) is 4.48. The molecule has 3 rings (SSSR count). The Kier molecular flexibility index (Phi) is 4.61. The molecule has 1 saturated heterocycles. The van der Waals surface area contributed by atoms with Gasteiger partial charge in [-0.1, -0.05) is 13.8 Å². The van der Waals surface area contributed by atoms with E-state index >= 15 is 0 Å². The van der Waals surface area contributed by atoms with Crippen LogP contribution in [0.4, 0.5) is 5.82 Å². The number of nitrogens with one attached hydrogen (secondary N) is 1. The molecule has 2 aromatic heterocycles. The highest BCUT2D eigenvalue weighted by Gasteiger charge is 2.28. The summed E-state index contributed by atoms with van der Waals surface area (Å²) in [7, 11) is 0. The van der Waals surface area contributed by atoms with Crippen molar-refractivity contribution in [2.75, 3.05) is 18.0 Å². The van der Waals surface area contributed by atoms with E-state index in [1.807, 2.05) is 6.92 Å². The molecule has 0 saturated carbocycles. The summed E-state index contributed by atoms with van der Waals surface area (Å²) >= 11 is 0. The Morgan fingerprint density at radius 1 is 1.26 bits per heavy atom. The van der Waals surface area contributed by atoms with Crippen molar-refractivity contribution in [2.45, 2.75) is 45.6 Å². The predicted molar refractivity (Wildman–Crippen MR) is 89.3 cm³/mol. The van der Waals surface area contributed by atoms with Crippen LogP contribution in [0, 0.1) is 12.8 Å². The molecule has 2 aromatic rings. The molecule has 6 heteroatoms. The average Bonchev–Trinajstić information content (AvgIpc) is 3.08. The summed E-state index contributed by atoms with van der Waals surface area (Å²) in [5.74, 6) is 3.14. The Hall–Kier alpha value is -1.95. The van der Waals surface area contributed by atoms with Gasteiger partial charge in [-0.2, -0.15) is 0 Å². The number of rotatable bonds is 4. The number of aliphatic hydroxyl groups excluding tert-OH is 1. The van der Waals surface area contributed by atoms with Crippen molar-refractivity contribution in [3.05, 3.63) is 35.8 Å². The number of hydrogen-bond acceptors (Lipinski definition) is 5. The van der Waals surface area contributed by atoms with E-state index in [1.165, 1.54) is 0 Å². The number of H-pyrrole nitrogens is 1. The van der Waals surface area contributed by atoms with Gasteiger partial charge in [-0.3, -0.25) is 0 Å². The monoisotopic (exact) mass is 315 g/mol. The van der Waals surface area contributed by atoms with Gasteiger partial charge in [0.2, 0.25) is 0 Å². The minimum absolute atomic E-state index is 0.241. The third kappa shape index (κ3) is 3.52. The highest BCUT2D eigenvalue weighted by molar-refractivity contribution is 5.40. The van der Waals surface area contributed by atoms with Gasteiger partial charge < -0.3 is 15.0 Å². The van der Waals surface area contributed by atoms with Crippen LogP contribution in [-0.4, -0.2) is 38.1 Å². The van der Waals surface area contributed by atoms with Gasteiger partial charge >= 0.3 is 0 Å². The lowest BCUT2D eigenvalue weighted by Gasteiger charge is -2.34. The number of aromatic nitrogens is 4. The van der Waals surface area contributed by atoms with Gasteiger partial charge in [0.25, 0.3) is 0 Å². The fraction of sp³-hybridized carbons (Fsp3) is 0.588. The minimum atomic E-state index is -0.509. The van der Waals surface area contributed by atoms with Gasteiger partial charge in [0.15, 0.2) is 0 Å². The molecule has 0 amide bonds. The Balaban J connectivity index is 1.67. The molecule has 1 fully saturated rings. The lowest BCUT2D eigenvalue weighted by molar-refractivity contribution is 0.0856. The topological polar surface area (TPSA) is 77.9 Å². The van der Waals surface area contributed by atoms with Gasteiger partial charge in [0, 0.05) is 43.2 Å². The molecule has 6 nitrogen and oxygen atoms in total. The van der Waals surface area contributed by atoms with Crippen molar-refractivity contribution in [3.63, 3.8) is 0 Å². The molecule has 1 atom stereocenters. The number of aryl methyl sites for hydroxylation is 1. The zero-order valence-corrected chi connectivity index (χ0v) is 14.0. The van der Waals surface area contributed by atoms with Gasteiger partial charge in [0.1, 0.15) is 23.6 Å². The Labute approximate surface area is 137 Å². The predicted octanol–water partition coefficient (Wildman–Crippen LogP) is 2.58. The summed E-state index contributed by atoms with van der Waals surface area (Å²) in [6.07, 6.45) is 4.80. The summed E-state index contributed by atoms with van der Waals surface area (Å²) < 4.78 is 0. The van der Waals surface area contributed by atoms with Crippen molar-refractivity contribution in [1.29, 1.82) is 0 Å². The second-order valence-electron chi connectivity index (χ2n) is 6.62. The van der Waals surface area contributed by atoms with Crippen LogP contribution in [0.15, 0.2) is 18.5 Å². The molecule has 124 valence electrons. The molecule has 3 heterocycles. The van der Waals surface area contributed by atoms with Crippen LogP contribution in [0.1, 0.15) is 56.1 Å². The van der Waals surface area contributed by atoms with E-state index in [2.05, 4.69) is 39.8 Å². The minimum Gasteiger partial charge on any atom is -0.385 e. The lowest BCUT2D eigenvalue weighted by atomic mass is 9.91. The zero-order valence-electron chi connectivity index (χ0n) is 14.0. The van der Waals surface area contributed by atoms with Crippen LogP contribution >= 0.6 is 0 Å². The number of aromatic amines is 1. The van der Waals surface area contributed by atoms with Gasteiger partial charge in [-0.05, 0) is 25.7 Å². The lowest BCUT2D eigenvalue weighted by Crippen LogP contribution is -2.36. The largest absolute Gasteiger partial charge is 0.385 e. The van der Waals surface area contributed by atoms with E-state index in [9.17, 15) is 5.11 Å². The smallest absolute Gasteiger partial charge is 0.135 e. The molecule has 0 spiro atoms. The summed E-state index contributed by atoms with van der Waals surface area (Å²) in [6.45, 7) is 8.05. The second-order valence-corrected chi connectivity index (χ2v) is 6.62. The molecule has 23 heavy (non-hydrogen) atoms. The summed E-state index contributed by atoms with van der Waals surface area (Å²) in [6, 6.07) is 2.05. The molecule has 1 aliphatic heterocycles. The maximum atomic E-state index is 10.4. The number of piperidine rings is 1. The normalized spacial score (nSPS) is 17.7. The molecule has 2 N–H and O–H groups in total. The molecular weight excluding hydrogens is 290 g/mol. The zero-order chi connectivity index (χ0) is 16.4. The Bertz CT molecular complexity index is 632. The molecule has 0 aromatic carbocycles. The number of imidazole rings is 1. The number of anilines is 1. The van der Waals surface area contributed by atoms with E-state index < -0.39 is 6.10 Å². The highest BCUT2D eigenvalue weighted by Crippen LogP contribution is 2.31. The first-order valence-corrected chi connectivity index (χ1v) is 8.32. The van der Waals surface area contributed by atoms with E-state index in [-0.39, 0.29) is 5.92 Å². The maximum absolute atomic E-state index is 10.4. The van der Waals surface area contributed by atoms with Crippen molar-refractivity contribution in [3.8, 4) is 0 Å². The first-order valence-electron chi connectivity index (χ1n) is 8.32. The fourth-order valence-corrected chi connectivity index (χ4v) is 3.10. The molecule has 0 bridgehead atoms. The summed E-state index contributed by atoms with van der Waals surface area (Å²) in [5.41, 5.74) is 1.01. The summed E-state index contributed by atoms with van der Waals surface area (Å²) in [5, 5.41) is 10.4. The van der Waals surface area contributed by atoms with Crippen LogP contribution in [0.25, 0.3) is 0 Å². The van der Waals surface area contributed by atoms with E-state index in [0.29, 0.717) is 11.7 Å². The average molecular weight is 315 g/mol. The highest BCUT2D eigenvalue weighted by atomic mass is 16.3. The first-order chi connectivity index (χ1) is 11.0. The van der Waals surface area contributed by atoms with Gasteiger partial charge in [-0.15, -0.1) is 0 Å². The quantitative estimate of drug-likeness (QED) is 0.906. The van der Waals surface area contributed by atoms with Crippen molar-refractivity contribution in [2.24, 2.45) is 5.92 Å². The van der Waals surface area contributed by atoms with Crippen LogP contribution in [0.2, 0.25) is 0 Å². The number of nitrogens with zero attached hydrogens (tertiary/aromatic N) is 4. The molecule has 0 aliphatic carbocycles. The van der Waals surface area contributed by atoms with Crippen LogP contribution in [0.3, 0.4) is 0 Å². The first kappa shape index (κ1) is 15.9.